The Morgan fingerprint density at radius 1 is 1.29 bits per heavy atom. The van der Waals surface area contributed by atoms with Gasteiger partial charge in [0, 0.05) is 11.9 Å². The fourth-order valence-electron chi connectivity index (χ4n) is 1.49. The molecule has 0 spiro atoms. The lowest BCUT2D eigenvalue weighted by molar-refractivity contribution is 0.915. The summed E-state index contributed by atoms with van der Waals surface area (Å²) in [6.45, 7) is 0.703. The highest BCUT2D eigenvalue weighted by Gasteiger charge is 2.09. The van der Waals surface area contributed by atoms with E-state index in [2.05, 4.69) is 4.98 Å². The van der Waals surface area contributed by atoms with Crippen molar-refractivity contribution in [3.8, 4) is 0 Å². The number of hydrogen-bond acceptors (Lipinski definition) is 4. The van der Waals surface area contributed by atoms with Crippen LogP contribution in [0, 0.1) is 0 Å². The smallest absolute Gasteiger partial charge is 0.153 e. The van der Waals surface area contributed by atoms with Gasteiger partial charge in [-0.1, -0.05) is 23.2 Å². The van der Waals surface area contributed by atoms with Crippen molar-refractivity contribution in [3.63, 3.8) is 0 Å². The van der Waals surface area contributed by atoms with Crippen molar-refractivity contribution in [1.82, 2.24) is 4.98 Å². The number of nitrogen functional groups attached to an aromatic ring is 1. The zero-order valence-corrected chi connectivity index (χ0v) is 11.5. The Hall–Kier alpha value is -0.970. The van der Waals surface area contributed by atoms with Gasteiger partial charge in [0.25, 0.3) is 0 Å². The van der Waals surface area contributed by atoms with Crippen molar-refractivity contribution in [2.45, 2.75) is 6.54 Å². The number of halogens is 2. The molecule has 0 aliphatic carbocycles. The summed E-state index contributed by atoms with van der Waals surface area (Å²) < 4.78 is 0.778. The molecule has 0 unspecified atom stereocenters. The molecule has 0 saturated heterocycles. The minimum Gasteiger partial charge on any atom is -0.396 e. The van der Waals surface area contributed by atoms with Crippen LogP contribution in [0.5, 0.6) is 0 Å². The lowest BCUT2D eigenvalue weighted by atomic mass is 10.3. The normalized spacial score (nSPS) is 10.5. The molecule has 0 aliphatic heterocycles. The first-order valence-corrected chi connectivity index (χ1v) is 6.51. The van der Waals surface area contributed by atoms with Gasteiger partial charge in [0.05, 0.1) is 16.6 Å². The Morgan fingerprint density at radius 3 is 2.71 bits per heavy atom. The number of pyridine rings is 1. The van der Waals surface area contributed by atoms with Gasteiger partial charge in [-0.15, -0.1) is 11.3 Å². The lowest BCUT2D eigenvalue weighted by Crippen LogP contribution is -2.18. The van der Waals surface area contributed by atoms with Crippen molar-refractivity contribution in [3.05, 3.63) is 38.6 Å². The van der Waals surface area contributed by atoms with Crippen LogP contribution >= 0.6 is 34.5 Å². The number of hydrogen-bond donors (Lipinski definition) is 1. The summed E-state index contributed by atoms with van der Waals surface area (Å²) >= 11 is 13.3. The maximum absolute atomic E-state index is 5.88. The van der Waals surface area contributed by atoms with E-state index in [1.807, 2.05) is 24.1 Å². The standard InChI is InChI=1S/C11H11Cl2N3S/c1-16(6-7-2-5-10(13)17-7)11-8(14)3-4-9(12)15-11/h2-5H,6,14H2,1H3. The second kappa shape index (κ2) is 5.12. The van der Waals surface area contributed by atoms with Crippen LogP contribution in [0.15, 0.2) is 24.3 Å². The molecule has 2 rings (SSSR count). The molecule has 0 atom stereocenters. The van der Waals surface area contributed by atoms with E-state index in [4.69, 9.17) is 28.9 Å². The Labute approximate surface area is 114 Å². The molecule has 0 aliphatic rings. The Balaban J connectivity index is 2.19. The largest absolute Gasteiger partial charge is 0.396 e. The first-order chi connectivity index (χ1) is 8.06. The summed E-state index contributed by atoms with van der Waals surface area (Å²) in [6.07, 6.45) is 0. The third-order valence-electron chi connectivity index (χ3n) is 2.25. The summed E-state index contributed by atoms with van der Waals surface area (Å²) in [4.78, 5) is 7.31. The summed E-state index contributed by atoms with van der Waals surface area (Å²) in [5, 5.41) is 0.435. The molecule has 0 fully saturated rings. The summed E-state index contributed by atoms with van der Waals surface area (Å²) in [6, 6.07) is 7.30. The zero-order valence-electron chi connectivity index (χ0n) is 9.15. The molecule has 0 radical (unpaired) electrons. The summed E-state index contributed by atoms with van der Waals surface area (Å²) in [5.74, 6) is 0.682. The molecular formula is C11H11Cl2N3S. The molecule has 17 heavy (non-hydrogen) atoms. The average molecular weight is 288 g/mol. The highest BCUT2D eigenvalue weighted by Crippen LogP contribution is 2.26. The highest BCUT2D eigenvalue weighted by molar-refractivity contribution is 7.16. The third kappa shape index (κ3) is 3.03. The van der Waals surface area contributed by atoms with Crippen molar-refractivity contribution in [2.75, 3.05) is 17.7 Å². The molecule has 2 aromatic heterocycles. The minimum absolute atomic E-state index is 0.435. The molecule has 6 heteroatoms. The van der Waals surface area contributed by atoms with E-state index in [9.17, 15) is 0 Å². The average Bonchev–Trinajstić information content (AvgIpc) is 2.67. The summed E-state index contributed by atoms with van der Waals surface area (Å²) in [5.41, 5.74) is 6.47. The summed E-state index contributed by atoms with van der Waals surface area (Å²) in [7, 11) is 1.92. The van der Waals surface area contributed by atoms with E-state index >= 15 is 0 Å². The Bertz CT molecular complexity index is 527. The van der Waals surface area contributed by atoms with E-state index in [0.29, 0.717) is 23.2 Å². The van der Waals surface area contributed by atoms with Gasteiger partial charge in [0.1, 0.15) is 5.15 Å². The van der Waals surface area contributed by atoms with E-state index in [0.717, 1.165) is 9.21 Å². The highest BCUT2D eigenvalue weighted by atomic mass is 35.5. The Morgan fingerprint density at radius 2 is 2.06 bits per heavy atom. The van der Waals surface area contributed by atoms with E-state index < -0.39 is 0 Å². The first-order valence-electron chi connectivity index (χ1n) is 4.93. The van der Waals surface area contributed by atoms with Crippen LogP contribution < -0.4 is 10.6 Å². The second-order valence-electron chi connectivity index (χ2n) is 3.61. The van der Waals surface area contributed by atoms with E-state index in [1.54, 1.807) is 23.5 Å². The zero-order chi connectivity index (χ0) is 12.4. The number of nitrogens with zero attached hydrogens (tertiary/aromatic N) is 2. The SMILES string of the molecule is CN(Cc1ccc(Cl)s1)c1nc(Cl)ccc1N. The molecule has 2 aromatic rings. The van der Waals surface area contributed by atoms with Crippen LogP contribution in [0.1, 0.15) is 4.88 Å². The van der Waals surface area contributed by atoms with Crippen molar-refractivity contribution < 1.29 is 0 Å². The molecule has 0 aromatic carbocycles. The number of thiophene rings is 1. The fourth-order valence-corrected chi connectivity index (χ4v) is 2.77. The van der Waals surface area contributed by atoms with Crippen molar-refractivity contribution in [1.29, 1.82) is 0 Å². The molecule has 0 bridgehead atoms. The maximum Gasteiger partial charge on any atom is 0.153 e. The molecule has 0 amide bonds. The van der Waals surface area contributed by atoms with E-state index in [1.165, 1.54) is 0 Å². The van der Waals surface area contributed by atoms with Gasteiger partial charge in [0.15, 0.2) is 5.82 Å². The predicted octanol–water partition coefficient (Wildman–Crippen LogP) is 3.67. The van der Waals surface area contributed by atoms with Crippen LogP contribution in [-0.4, -0.2) is 12.0 Å². The molecule has 2 N–H and O–H groups in total. The van der Waals surface area contributed by atoms with Crippen molar-refractivity contribution >= 4 is 46.0 Å². The lowest BCUT2D eigenvalue weighted by Gasteiger charge is -2.19. The van der Waals surface area contributed by atoms with Crippen LogP contribution in [0.2, 0.25) is 9.49 Å². The molecule has 90 valence electrons. The van der Waals surface area contributed by atoms with Gasteiger partial charge >= 0.3 is 0 Å². The van der Waals surface area contributed by atoms with E-state index in [-0.39, 0.29) is 0 Å². The van der Waals surface area contributed by atoms with Crippen LogP contribution in [0.4, 0.5) is 11.5 Å². The van der Waals surface area contributed by atoms with Crippen LogP contribution in [-0.2, 0) is 6.54 Å². The van der Waals surface area contributed by atoms with Gasteiger partial charge in [-0.25, -0.2) is 4.98 Å². The quantitative estimate of drug-likeness (QED) is 0.876. The molecule has 0 saturated carbocycles. The third-order valence-corrected chi connectivity index (χ3v) is 3.68. The topological polar surface area (TPSA) is 42.2 Å². The molecular weight excluding hydrogens is 277 g/mol. The number of nitrogens with two attached hydrogens (primary N) is 1. The molecule has 3 nitrogen and oxygen atoms in total. The predicted molar refractivity (Wildman–Crippen MR) is 75.1 cm³/mol. The van der Waals surface area contributed by atoms with Gasteiger partial charge in [-0.2, -0.15) is 0 Å². The monoisotopic (exact) mass is 287 g/mol. The second-order valence-corrected chi connectivity index (χ2v) is 5.80. The number of rotatable bonds is 3. The number of aromatic nitrogens is 1. The van der Waals surface area contributed by atoms with Crippen LogP contribution in [0.25, 0.3) is 0 Å². The number of anilines is 2. The fraction of sp³-hybridized carbons (Fsp3) is 0.182. The first kappa shape index (κ1) is 12.5. The van der Waals surface area contributed by atoms with Gasteiger partial charge in [0.2, 0.25) is 0 Å². The Kier molecular flexibility index (Phi) is 3.76. The van der Waals surface area contributed by atoms with Gasteiger partial charge in [-0.3, -0.25) is 0 Å². The van der Waals surface area contributed by atoms with Crippen molar-refractivity contribution in [2.24, 2.45) is 0 Å². The van der Waals surface area contributed by atoms with Gasteiger partial charge < -0.3 is 10.6 Å². The maximum atomic E-state index is 5.88. The van der Waals surface area contributed by atoms with Crippen LogP contribution in [0.3, 0.4) is 0 Å². The van der Waals surface area contributed by atoms with Gasteiger partial charge in [-0.05, 0) is 24.3 Å². The minimum atomic E-state index is 0.435. The molecule has 2 heterocycles.